The molecule has 0 saturated heterocycles. The maximum atomic E-state index is 11.9. The second-order valence-electron chi connectivity index (χ2n) is 4.25. The van der Waals surface area contributed by atoms with E-state index in [0.29, 0.717) is 0 Å². The van der Waals surface area contributed by atoms with E-state index < -0.39 is 4.92 Å². The Bertz CT molecular complexity index is 706. The van der Waals surface area contributed by atoms with Gasteiger partial charge in [0.15, 0.2) is 0 Å². The zero-order chi connectivity index (χ0) is 16.1. The third-order valence-corrected chi connectivity index (χ3v) is 3.88. The van der Waals surface area contributed by atoms with Crippen molar-refractivity contribution in [3.8, 4) is 5.75 Å². The highest BCUT2D eigenvalue weighted by Gasteiger charge is 2.16. The van der Waals surface area contributed by atoms with Gasteiger partial charge in [0.2, 0.25) is 5.91 Å². The van der Waals surface area contributed by atoms with Crippen LogP contribution >= 0.6 is 23.4 Å². The number of nitrogens with zero attached hydrogens (tertiary/aromatic N) is 1. The van der Waals surface area contributed by atoms with Crippen LogP contribution in [-0.4, -0.2) is 21.7 Å². The van der Waals surface area contributed by atoms with Gasteiger partial charge < -0.3 is 10.4 Å². The van der Waals surface area contributed by atoms with Gasteiger partial charge in [0.25, 0.3) is 5.69 Å². The number of nitrogens with one attached hydrogen (secondary N) is 1. The minimum Gasteiger partial charge on any atom is -0.508 e. The lowest BCUT2D eigenvalue weighted by Crippen LogP contribution is -2.15. The summed E-state index contributed by atoms with van der Waals surface area (Å²) in [5.41, 5.74) is -0.152. The number of halogens is 1. The van der Waals surface area contributed by atoms with E-state index >= 15 is 0 Å². The van der Waals surface area contributed by atoms with Crippen LogP contribution in [0.2, 0.25) is 5.02 Å². The topological polar surface area (TPSA) is 92.5 Å². The molecule has 0 spiro atoms. The zero-order valence-corrected chi connectivity index (χ0v) is 12.7. The van der Waals surface area contributed by atoms with Crippen LogP contribution in [0.5, 0.6) is 5.75 Å². The number of hydrogen-bond donors (Lipinski definition) is 2. The smallest absolute Gasteiger partial charge is 0.294 e. The predicted molar refractivity (Wildman–Crippen MR) is 85.6 cm³/mol. The number of phenolic OH excluding ortho intramolecular Hbond substituents is 1. The van der Waals surface area contributed by atoms with Crippen LogP contribution < -0.4 is 5.32 Å². The fourth-order valence-electron chi connectivity index (χ4n) is 1.64. The highest BCUT2D eigenvalue weighted by atomic mass is 35.5. The highest BCUT2D eigenvalue weighted by molar-refractivity contribution is 8.00. The molecule has 0 aromatic heterocycles. The van der Waals surface area contributed by atoms with Gasteiger partial charge in [0.1, 0.15) is 11.4 Å². The average molecular weight is 339 g/mol. The van der Waals surface area contributed by atoms with Crippen LogP contribution in [0.3, 0.4) is 0 Å². The van der Waals surface area contributed by atoms with Crippen molar-refractivity contribution in [3.63, 3.8) is 0 Å². The molecule has 0 saturated carbocycles. The maximum Gasteiger partial charge on any atom is 0.294 e. The van der Waals surface area contributed by atoms with Gasteiger partial charge in [-0.15, -0.1) is 11.8 Å². The van der Waals surface area contributed by atoms with Crippen molar-refractivity contribution in [3.05, 3.63) is 57.6 Å². The molecule has 2 aromatic carbocycles. The van der Waals surface area contributed by atoms with Crippen molar-refractivity contribution in [2.45, 2.75) is 4.90 Å². The van der Waals surface area contributed by atoms with Crippen molar-refractivity contribution in [1.82, 2.24) is 0 Å². The molecule has 1 amide bonds. The van der Waals surface area contributed by atoms with Crippen molar-refractivity contribution in [2.75, 3.05) is 11.1 Å². The summed E-state index contributed by atoms with van der Waals surface area (Å²) >= 11 is 6.96. The van der Waals surface area contributed by atoms with Gasteiger partial charge in [0.05, 0.1) is 10.7 Å². The third-order valence-electron chi connectivity index (χ3n) is 2.64. The van der Waals surface area contributed by atoms with Crippen LogP contribution in [-0.2, 0) is 4.79 Å². The molecule has 0 atom stereocenters. The summed E-state index contributed by atoms with van der Waals surface area (Å²) in [6, 6.07) is 10.4. The first-order valence-electron chi connectivity index (χ1n) is 6.11. The van der Waals surface area contributed by atoms with Crippen molar-refractivity contribution in [2.24, 2.45) is 0 Å². The molecule has 2 N–H and O–H groups in total. The summed E-state index contributed by atoms with van der Waals surface area (Å²) in [5.74, 6) is -0.140. The van der Waals surface area contributed by atoms with Gasteiger partial charge in [-0.3, -0.25) is 14.9 Å². The molecule has 0 aliphatic rings. The highest BCUT2D eigenvalue weighted by Crippen LogP contribution is 2.28. The van der Waals surface area contributed by atoms with Crippen LogP contribution in [0, 0.1) is 10.1 Å². The van der Waals surface area contributed by atoms with Crippen molar-refractivity contribution < 1.29 is 14.8 Å². The number of aromatic hydroxyl groups is 1. The molecule has 6 nitrogen and oxygen atoms in total. The van der Waals surface area contributed by atoms with Crippen molar-refractivity contribution >= 4 is 40.6 Å². The lowest BCUT2D eigenvalue weighted by Gasteiger charge is -2.06. The number of hydrogen-bond acceptors (Lipinski definition) is 5. The predicted octanol–water partition coefficient (Wildman–Crippen LogP) is 3.68. The molecule has 0 radical (unpaired) electrons. The molecule has 0 unspecified atom stereocenters. The molecule has 0 fully saturated rings. The van der Waals surface area contributed by atoms with Gasteiger partial charge >= 0.3 is 0 Å². The van der Waals surface area contributed by atoms with E-state index in [-0.39, 0.29) is 33.8 Å². The molecule has 0 heterocycles. The lowest BCUT2D eigenvalue weighted by atomic mass is 10.2. The molecule has 114 valence electrons. The summed E-state index contributed by atoms with van der Waals surface area (Å²) < 4.78 is 0. The number of phenols is 1. The van der Waals surface area contributed by atoms with Gasteiger partial charge in [0, 0.05) is 16.0 Å². The van der Waals surface area contributed by atoms with Crippen LogP contribution in [0.1, 0.15) is 0 Å². The van der Waals surface area contributed by atoms with Crippen LogP contribution in [0.15, 0.2) is 47.4 Å². The summed E-state index contributed by atoms with van der Waals surface area (Å²) in [5, 5.41) is 22.8. The Morgan fingerprint density at radius 1 is 1.27 bits per heavy atom. The van der Waals surface area contributed by atoms with Gasteiger partial charge in [-0.05, 0) is 36.4 Å². The van der Waals surface area contributed by atoms with E-state index in [1.54, 1.807) is 12.1 Å². The molecular formula is C14H11ClN2O4S. The summed E-state index contributed by atoms with van der Waals surface area (Å²) in [4.78, 5) is 23.0. The first-order valence-corrected chi connectivity index (χ1v) is 7.47. The Hall–Kier alpha value is -2.25. The fraction of sp³-hybridized carbons (Fsp3) is 0.0714. The first kappa shape index (κ1) is 16.1. The Labute approximate surface area is 135 Å². The van der Waals surface area contributed by atoms with Gasteiger partial charge in [-0.1, -0.05) is 11.6 Å². The van der Waals surface area contributed by atoms with Crippen LogP contribution in [0.25, 0.3) is 0 Å². The molecular weight excluding hydrogens is 328 g/mol. The standard InChI is InChI=1S/C14H11ClN2O4S/c15-9-1-6-12(13(7-9)17(20)21)16-14(19)8-22-11-4-2-10(18)3-5-11/h1-7,18H,8H2,(H,16,19). The Morgan fingerprint density at radius 2 is 1.95 bits per heavy atom. The van der Waals surface area contributed by atoms with Gasteiger partial charge in [-0.2, -0.15) is 0 Å². The van der Waals surface area contributed by atoms with Crippen LogP contribution in [0.4, 0.5) is 11.4 Å². The van der Waals surface area contributed by atoms with Crippen molar-refractivity contribution in [1.29, 1.82) is 0 Å². The molecule has 2 aromatic rings. The number of anilines is 1. The minimum atomic E-state index is -0.603. The summed E-state index contributed by atoms with van der Waals surface area (Å²) in [6.45, 7) is 0. The number of rotatable bonds is 5. The minimum absolute atomic E-state index is 0.0879. The number of benzene rings is 2. The van der Waals surface area contributed by atoms with Gasteiger partial charge in [-0.25, -0.2) is 0 Å². The SMILES string of the molecule is O=C(CSc1ccc(O)cc1)Nc1ccc(Cl)cc1[N+](=O)[O-]. The molecule has 0 bridgehead atoms. The number of carbonyl (C=O) groups excluding carboxylic acids is 1. The van der Waals surface area contributed by atoms with E-state index in [4.69, 9.17) is 11.6 Å². The van der Waals surface area contributed by atoms with E-state index in [0.717, 1.165) is 4.90 Å². The Kier molecular flexibility index (Phi) is 5.24. The number of nitro groups is 1. The number of amides is 1. The Morgan fingerprint density at radius 3 is 2.59 bits per heavy atom. The fourth-order valence-corrected chi connectivity index (χ4v) is 2.50. The lowest BCUT2D eigenvalue weighted by molar-refractivity contribution is -0.383. The van der Waals surface area contributed by atoms with E-state index in [1.807, 2.05) is 0 Å². The maximum absolute atomic E-state index is 11.9. The second kappa shape index (κ2) is 7.15. The molecule has 0 aliphatic heterocycles. The largest absolute Gasteiger partial charge is 0.508 e. The molecule has 22 heavy (non-hydrogen) atoms. The molecule has 8 heteroatoms. The number of nitro benzene ring substituents is 1. The first-order chi connectivity index (χ1) is 10.5. The molecule has 0 aliphatic carbocycles. The number of carbonyl (C=O) groups is 1. The second-order valence-corrected chi connectivity index (χ2v) is 5.73. The summed E-state index contributed by atoms with van der Waals surface area (Å²) in [6.07, 6.45) is 0. The Balaban J connectivity index is 2.00. The van der Waals surface area contributed by atoms with E-state index in [9.17, 15) is 20.0 Å². The number of thioether (sulfide) groups is 1. The monoisotopic (exact) mass is 338 g/mol. The normalized spacial score (nSPS) is 10.2. The molecule has 2 rings (SSSR count). The van der Waals surface area contributed by atoms with E-state index in [1.165, 1.54) is 42.1 Å². The quantitative estimate of drug-likeness (QED) is 0.493. The zero-order valence-electron chi connectivity index (χ0n) is 11.2. The third kappa shape index (κ3) is 4.37. The summed E-state index contributed by atoms with van der Waals surface area (Å²) in [7, 11) is 0. The van der Waals surface area contributed by atoms with E-state index in [2.05, 4.69) is 5.32 Å². The average Bonchev–Trinajstić information content (AvgIpc) is 2.48.